The Hall–Kier alpha value is -3.55. The van der Waals surface area contributed by atoms with Gasteiger partial charge in [-0.1, -0.05) is 23.8 Å². The van der Waals surface area contributed by atoms with Crippen LogP contribution in [-0.2, 0) is 4.79 Å². The Labute approximate surface area is 161 Å². The van der Waals surface area contributed by atoms with Crippen LogP contribution in [0.2, 0.25) is 0 Å². The fourth-order valence-corrected chi connectivity index (χ4v) is 3.95. The average molecular weight is 373 g/mol. The molecule has 1 aliphatic heterocycles. The van der Waals surface area contributed by atoms with E-state index in [9.17, 15) is 4.79 Å². The van der Waals surface area contributed by atoms with Gasteiger partial charge >= 0.3 is 0 Å². The highest BCUT2D eigenvalue weighted by molar-refractivity contribution is 5.95. The molecule has 28 heavy (non-hydrogen) atoms. The number of nitrogens with one attached hydrogen (secondary N) is 1. The number of hydrogen-bond donors (Lipinski definition) is 1. The van der Waals surface area contributed by atoms with E-state index in [1.807, 2.05) is 19.1 Å². The molecular weight excluding hydrogens is 354 g/mol. The Balaban J connectivity index is 1.70. The highest BCUT2D eigenvalue weighted by Crippen LogP contribution is 2.41. The summed E-state index contributed by atoms with van der Waals surface area (Å²) in [5.41, 5.74) is 6.09. The number of aryl methyl sites for hydroxylation is 3. The van der Waals surface area contributed by atoms with Crippen LogP contribution in [0.4, 0.5) is 5.82 Å². The van der Waals surface area contributed by atoms with E-state index in [1.54, 1.807) is 15.5 Å². The Morgan fingerprint density at radius 3 is 2.82 bits per heavy atom. The minimum Gasteiger partial charge on any atom is -0.310 e. The molecule has 0 saturated carbocycles. The van der Waals surface area contributed by atoms with Gasteiger partial charge in [0.1, 0.15) is 12.1 Å². The van der Waals surface area contributed by atoms with Crippen LogP contribution in [0.25, 0.3) is 11.5 Å². The second-order valence-electron chi connectivity index (χ2n) is 7.25. The molecule has 5 rings (SSSR count). The van der Waals surface area contributed by atoms with Crippen molar-refractivity contribution in [2.24, 2.45) is 0 Å². The number of nitrogens with zero attached hydrogens (tertiary/aromatic N) is 6. The van der Waals surface area contributed by atoms with Crippen molar-refractivity contribution in [2.45, 2.75) is 33.1 Å². The van der Waals surface area contributed by atoms with Crippen molar-refractivity contribution in [3.63, 3.8) is 0 Å². The fraction of sp³-hybridized carbons (Fsp3) is 0.250. The summed E-state index contributed by atoms with van der Waals surface area (Å²) >= 11 is 0. The lowest BCUT2D eigenvalue weighted by molar-refractivity contribution is -0.116. The van der Waals surface area contributed by atoms with E-state index >= 15 is 0 Å². The molecule has 0 spiro atoms. The van der Waals surface area contributed by atoms with Crippen LogP contribution >= 0.6 is 0 Å². The minimum atomic E-state index is -0.0314. The van der Waals surface area contributed by atoms with Crippen LogP contribution in [0.15, 0.2) is 36.7 Å². The second kappa shape index (κ2) is 5.98. The van der Waals surface area contributed by atoms with Crippen molar-refractivity contribution in [3.05, 3.63) is 64.6 Å². The van der Waals surface area contributed by atoms with Crippen molar-refractivity contribution in [3.8, 4) is 5.82 Å². The zero-order valence-corrected chi connectivity index (χ0v) is 15.8. The zero-order valence-electron chi connectivity index (χ0n) is 15.8. The Morgan fingerprint density at radius 1 is 1.11 bits per heavy atom. The molecule has 1 aromatic carbocycles. The summed E-state index contributed by atoms with van der Waals surface area (Å²) in [4.78, 5) is 12.6. The first kappa shape index (κ1) is 16.6. The van der Waals surface area contributed by atoms with Gasteiger partial charge in [-0.05, 0) is 44.0 Å². The molecule has 1 aliphatic rings. The molecule has 1 N–H and O–H groups in total. The Kier molecular flexibility index (Phi) is 3.55. The van der Waals surface area contributed by atoms with E-state index in [0.29, 0.717) is 23.7 Å². The highest BCUT2D eigenvalue weighted by Gasteiger charge is 2.33. The molecule has 8 heteroatoms. The smallest absolute Gasteiger partial charge is 0.226 e. The van der Waals surface area contributed by atoms with Gasteiger partial charge in [0.05, 0.1) is 5.69 Å². The van der Waals surface area contributed by atoms with Gasteiger partial charge in [-0.15, -0.1) is 15.3 Å². The number of carbonyl (C=O) groups excluding carboxylic acids is 1. The van der Waals surface area contributed by atoms with Crippen LogP contribution in [-0.4, -0.2) is 35.5 Å². The zero-order chi connectivity index (χ0) is 19.4. The molecule has 0 aliphatic carbocycles. The van der Waals surface area contributed by atoms with Gasteiger partial charge < -0.3 is 5.32 Å². The predicted octanol–water partition coefficient (Wildman–Crippen LogP) is 2.71. The molecule has 4 aromatic rings. The van der Waals surface area contributed by atoms with Crippen molar-refractivity contribution in [1.29, 1.82) is 0 Å². The maximum Gasteiger partial charge on any atom is 0.226 e. The molecule has 3 aromatic heterocycles. The van der Waals surface area contributed by atoms with Crippen LogP contribution in [0, 0.1) is 20.8 Å². The molecule has 4 heterocycles. The molecule has 1 unspecified atom stereocenters. The standard InChI is InChI=1S/C20H19N7O/c1-11-4-5-12(2)14(8-11)15-9-18(28)22-20-19(15)13(3)24-27(20)17-7-6-16-23-21-10-26(16)25-17/h4-8,10,15H,9H2,1-3H3,(H,22,28). The summed E-state index contributed by atoms with van der Waals surface area (Å²) in [6.45, 7) is 6.13. The molecule has 8 nitrogen and oxygen atoms in total. The molecule has 1 atom stereocenters. The van der Waals surface area contributed by atoms with Gasteiger partial charge in [0.15, 0.2) is 11.5 Å². The quantitative estimate of drug-likeness (QED) is 0.583. The largest absolute Gasteiger partial charge is 0.310 e. The first-order chi connectivity index (χ1) is 13.5. The van der Waals surface area contributed by atoms with Crippen LogP contribution in [0.3, 0.4) is 0 Å². The summed E-state index contributed by atoms with van der Waals surface area (Å²) in [6, 6.07) is 10.0. The van der Waals surface area contributed by atoms with Gasteiger partial charge in [0.2, 0.25) is 5.91 Å². The molecule has 140 valence electrons. The average Bonchev–Trinajstić information content (AvgIpc) is 3.27. The van der Waals surface area contributed by atoms with Crippen LogP contribution < -0.4 is 5.32 Å². The maximum absolute atomic E-state index is 12.6. The third-order valence-corrected chi connectivity index (χ3v) is 5.28. The number of benzene rings is 1. The van der Waals surface area contributed by atoms with E-state index in [-0.39, 0.29) is 11.8 Å². The fourth-order valence-electron chi connectivity index (χ4n) is 3.95. The summed E-state index contributed by atoms with van der Waals surface area (Å²) in [5, 5.41) is 20.1. The van der Waals surface area contributed by atoms with Gasteiger partial charge in [-0.2, -0.15) is 14.3 Å². The number of amides is 1. The summed E-state index contributed by atoms with van der Waals surface area (Å²) in [5.74, 6) is 1.22. The topological polar surface area (TPSA) is 90.0 Å². The normalized spacial score (nSPS) is 16.2. The van der Waals surface area contributed by atoms with Crippen LogP contribution in [0.5, 0.6) is 0 Å². The third kappa shape index (κ3) is 2.49. The molecule has 0 radical (unpaired) electrons. The van der Waals surface area contributed by atoms with Gasteiger partial charge in [-0.25, -0.2) is 0 Å². The van der Waals surface area contributed by atoms with E-state index in [2.05, 4.69) is 52.7 Å². The number of carbonyl (C=O) groups is 1. The van der Waals surface area contributed by atoms with E-state index in [0.717, 1.165) is 11.3 Å². The first-order valence-electron chi connectivity index (χ1n) is 9.15. The summed E-state index contributed by atoms with van der Waals surface area (Å²) < 4.78 is 3.28. The second-order valence-corrected chi connectivity index (χ2v) is 7.25. The lowest BCUT2D eigenvalue weighted by Gasteiger charge is -2.25. The van der Waals surface area contributed by atoms with Gasteiger partial charge in [0, 0.05) is 17.9 Å². The number of hydrogen-bond acceptors (Lipinski definition) is 5. The molecular formula is C20H19N7O. The van der Waals surface area contributed by atoms with Crippen molar-refractivity contribution < 1.29 is 4.79 Å². The van der Waals surface area contributed by atoms with Crippen molar-refractivity contribution in [1.82, 2.24) is 29.6 Å². The lowest BCUT2D eigenvalue weighted by Crippen LogP contribution is -2.25. The Morgan fingerprint density at radius 2 is 1.96 bits per heavy atom. The number of anilines is 1. The van der Waals surface area contributed by atoms with Gasteiger partial charge in [-0.3, -0.25) is 4.79 Å². The summed E-state index contributed by atoms with van der Waals surface area (Å²) in [6.07, 6.45) is 1.95. The molecule has 0 saturated heterocycles. The number of fused-ring (bicyclic) bond motifs is 2. The summed E-state index contributed by atoms with van der Waals surface area (Å²) in [7, 11) is 0. The van der Waals surface area contributed by atoms with E-state index in [1.165, 1.54) is 16.7 Å². The number of aromatic nitrogens is 6. The lowest BCUT2D eigenvalue weighted by atomic mass is 9.83. The van der Waals surface area contributed by atoms with Gasteiger partial charge in [0.25, 0.3) is 0 Å². The highest BCUT2D eigenvalue weighted by atomic mass is 16.1. The predicted molar refractivity (Wildman–Crippen MR) is 104 cm³/mol. The maximum atomic E-state index is 12.6. The van der Waals surface area contributed by atoms with Crippen LogP contribution in [0.1, 0.15) is 40.3 Å². The monoisotopic (exact) mass is 373 g/mol. The molecule has 0 bridgehead atoms. The molecule has 0 fully saturated rings. The van der Waals surface area contributed by atoms with Crippen molar-refractivity contribution >= 4 is 17.4 Å². The first-order valence-corrected chi connectivity index (χ1v) is 9.15. The van der Waals surface area contributed by atoms with E-state index < -0.39 is 0 Å². The number of rotatable bonds is 2. The SMILES string of the molecule is Cc1ccc(C)c(C2CC(=O)Nc3c2c(C)nn3-c2ccc3nncn3n2)c1. The Bertz CT molecular complexity index is 1240. The molecule has 1 amide bonds. The minimum absolute atomic E-state index is 0.0232. The third-order valence-electron chi connectivity index (χ3n) is 5.28. The van der Waals surface area contributed by atoms with E-state index in [4.69, 9.17) is 5.10 Å². The van der Waals surface area contributed by atoms with Crippen molar-refractivity contribution in [2.75, 3.05) is 5.32 Å².